The van der Waals surface area contributed by atoms with Crippen molar-refractivity contribution in [3.63, 3.8) is 0 Å². The molecule has 0 fully saturated rings. The number of ether oxygens (including phenoxy) is 1. The third-order valence-electron chi connectivity index (χ3n) is 4.78. The average Bonchev–Trinajstić information content (AvgIpc) is 3.15. The van der Waals surface area contributed by atoms with Crippen LogP contribution in [0, 0.1) is 19.7 Å². The maximum Gasteiger partial charge on any atom is 0.254 e. The number of carbonyl (C=O) groups is 2. The summed E-state index contributed by atoms with van der Waals surface area (Å²) in [6.07, 6.45) is 1.34. The Morgan fingerprint density at radius 2 is 1.94 bits per heavy atom. The van der Waals surface area contributed by atoms with E-state index in [4.69, 9.17) is 10.5 Å². The number of halogens is 1. The Balaban J connectivity index is 1.44. The molecule has 172 valence electrons. The normalized spacial score (nSPS) is 10.7. The zero-order valence-electron chi connectivity index (χ0n) is 18.3. The van der Waals surface area contributed by atoms with Crippen molar-refractivity contribution < 1.29 is 18.7 Å². The highest BCUT2D eigenvalue weighted by Gasteiger charge is 2.16. The van der Waals surface area contributed by atoms with Crippen LogP contribution in [-0.4, -0.2) is 26.8 Å². The van der Waals surface area contributed by atoms with Crippen LogP contribution >= 0.6 is 11.3 Å². The van der Waals surface area contributed by atoms with E-state index < -0.39 is 11.7 Å². The number of rotatable bonds is 7. The highest BCUT2D eigenvalue weighted by Crippen LogP contribution is 2.30. The standard InChI is InChI=1S/C24H20FN5O3S/c1-13-5-3-7-18(28-13)21-14(2)34-24(30-21)29-20(31)12-15-8-9-19(17(25)11-15)33-23-16(22(26)32)6-4-10-27-23/h3-11H,12H2,1-2H3,(H2,26,32)(H,29,30,31). The van der Waals surface area contributed by atoms with E-state index in [-0.39, 0.29) is 29.5 Å². The number of benzene rings is 1. The lowest BCUT2D eigenvalue weighted by atomic mass is 10.1. The number of thiazole rings is 1. The Morgan fingerprint density at radius 1 is 1.12 bits per heavy atom. The Hall–Kier alpha value is -4.18. The quantitative estimate of drug-likeness (QED) is 0.406. The molecule has 0 radical (unpaired) electrons. The van der Waals surface area contributed by atoms with E-state index in [1.807, 2.05) is 32.0 Å². The van der Waals surface area contributed by atoms with Crippen LogP contribution in [-0.2, 0) is 11.2 Å². The number of hydrogen-bond acceptors (Lipinski definition) is 7. The molecule has 10 heteroatoms. The number of anilines is 1. The topological polar surface area (TPSA) is 120 Å². The van der Waals surface area contributed by atoms with Crippen LogP contribution in [0.15, 0.2) is 54.7 Å². The molecule has 4 aromatic rings. The minimum absolute atomic E-state index is 0.0318. The number of hydrogen-bond donors (Lipinski definition) is 2. The van der Waals surface area contributed by atoms with Crippen molar-refractivity contribution >= 4 is 28.3 Å². The van der Waals surface area contributed by atoms with Gasteiger partial charge in [-0.2, -0.15) is 0 Å². The van der Waals surface area contributed by atoms with E-state index in [2.05, 4.69) is 20.3 Å². The van der Waals surface area contributed by atoms with Crippen molar-refractivity contribution in [2.75, 3.05) is 5.32 Å². The van der Waals surface area contributed by atoms with E-state index in [0.29, 0.717) is 16.4 Å². The minimum Gasteiger partial charge on any atom is -0.435 e. The van der Waals surface area contributed by atoms with Gasteiger partial charge in [0.05, 0.1) is 12.1 Å². The Kier molecular flexibility index (Phi) is 6.60. The predicted molar refractivity (Wildman–Crippen MR) is 126 cm³/mol. The molecule has 34 heavy (non-hydrogen) atoms. The summed E-state index contributed by atoms with van der Waals surface area (Å²) >= 11 is 1.34. The lowest BCUT2D eigenvalue weighted by Crippen LogP contribution is -2.14. The van der Waals surface area contributed by atoms with Gasteiger partial charge >= 0.3 is 0 Å². The minimum atomic E-state index is -0.740. The summed E-state index contributed by atoms with van der Waals surface area (Å²) < 4.78 is 20.0. The largest absolute Gasteiger partial charge is 0.435 e. The van der Waals surface area contributed by atoms with Gasteiger partial charge in [0.25, 0.3) is 5.91 Å². The van der Waals surface area contributed by atoms with Crippen LogP contribution in [0.5, 0.6) is 11.6 Å². The van der Waals surface area contributed by atoms with Crippen LogP contribution < -0.4 is 15.8 Å². The Morgan fingerprint density at radius 3 is 2.68 bits per heavy atom. The van der Waals surface area contributed by atoms with Crippen LogP contribution in [0.2, 0.25) is 0 Å². The molecule has 3 heterocycles. The summed E-state index contributed by atoms with van der Waals surface area (Å²) in [5, 5.41) is 3.20. The first kappa shape index (κ1) is 23.0. The van der Waals surface area contributed by atoms with E-state index in [1.54, 1.807) is 6.07 Å². The van der Waals surface area contributed by atoms with Crippen molar-refractivity contribution in [3.05, 3.63) is 82.2 Å². The summed E-state index contributed by atoms with van der Waals surface area (Å²) in [4.78, 5) is 37.8. The third kappa shape index (κ3) is 5.24. The van der Waals surface area contributed by atoms with E-state index in [9.17, 15) is 14.0 Å². The van der Waals surface area contributed by atoms with Crippen LogP contribution in [0.25, 0.3) is 11.4 Å². The Bertz CT molecular complexity index is 1390. The first-order valence-corrected chi connectivity index (χ1v) is 11.0. The molecule has 0 saturated heterocycles. The molecule has 0 saturated carbocycles. The van der Waals surface area contributed by atoms with Gasteiger partial charge in [-0.15, -0.1) is 11.3 Å². The molecule has 2 amide bonds. The summed E-state index contributed by atoms with van der Waals surface area (Å²) in [5.74, 6) is -2.03. The number of nitrogens with zero attached hydrogens (tertiary/aromatic N) is 3. The van der Waals surface area contributed by atoms with Gasteiger partial charge in [-0.3, -0.25) is 14.6 Å². The van der Waals surface area contributed by atoms with E-state index in [1.165, 1.54) is 41.8 Å². The second-order valence-corrected chi connectivity index (χ2v) is 8.60. The van der Waals surface area contributed by atoms with E-state index >= 15 is 0 Å². The molecule has 8 nitrogen and oxygen atoms in total. The molecule has 4 rings (SSSR count). The molecule has 0 aliphatic rings. The van der Waals surface area contributed by atoms with Gasteiger partial charge in [-0.05, 0) is 55.8 Å². The predicted octanol–water partition coefficient (Wildman–Crippen LogP) is 4.43. The van der Waals surface area contributed by atoms with Crippen molar-refractivity contribution in [1.29, 1.82) is 0 Å². The fraction of sp³-hybridized carbons (Fsp3) is 0.125. The zero-order chi connectivity index (χ0) is 24.2. The van der Waals surface area contributed by atoms with E-state index in [0.717, 1.165) is 16.3 Å². The number of primary amides is 1. The molecule has 1 aromatic carbocycles. The molecule has 3 aromatic heterocycles. The monoisotopic (exact) mass is 477 g/mol. The van der Waals surface area contributed by atoms with Gasteiger partial charge < -0.3 is 15.8 Å². The summed E-state index contributed by atoms with van der Waals surface area (Å²) in [6, 6.07) is 12.7. The first-order valence-electron chi connectivity index (χ1n) is 10.2. The fourth-order valence-electron chi connectivity index (χ4n) is 3.21. The summed E-state index contributed by atoms with van der Waals surface area (Å²) in [5.41, 5.74) is 8.08. The molecular formula is C24H20FN5O3S. The molecular weight excluding hydrogens is 457 g/mol. The molecule has 0 atom stereocenters. The molecule has 0 bridgehead atoms. The number of carbonyl (C=O) groups excluding carboxylic acids is 2. The molecule has 0 aliphatic carbocycles. The van der Waals surface area contributed by atoms with Crippen molar-refractivity contribution in [3.8, 4) is 23.0 Å². The lowest BCUT2D eigenvalue weighted by Gasteiger charge is -2.09. The second kappa shape index (κ2) is 9.75. The third-order valence-corrected chi connectivity index (χ3v) is 5.66. The zero-order valence-corrected chi connectivity index (χ0v) is 19.1. The van der Waals surface area contributed by atoms with Crippen LogP contribution in [0.1, 0.15) is 26.5 Å². The SMILES string of the molecule is Cc1cccc(-c2nc(NC(=O)Cc3ccc(Oc4ncccc4C(N)=O)c(F)c3)sc2C)n1. The average molecular weight is 478 g/mol. The maximum atomic E-state index is 14.6. The highest BCUT2D eigenvalue weighted by molar-refractivity contribution is 7.16. The van der Waals surface area contributed by atoms with Gasteiger partial charge in [0.2, 0.25) is 11.8 Å². The molecule has 0 aliphatic heterocycles. The van der Waals surface area contributed by atoms with Gasteiger partial charge in [0.15, 0.2) is 16.7 Å². The van der Waals surface area contributed by atoms with Gasteiger partial charge in [0.1, 0.15) is 11.3 Å². The highest BCUT2D eigenvalue weighted by atomic mass is 32.1. The van der Waals surface area contributed by atoms with Crippen LogP contribution in [0.4, 0.5) is 9.52 Å². The lowest BCUT2D eigenvalue weighted by molar-refractivity contribution is -0.115. The first-order chi connectivity index (χ1) is 16.3. The number of aryl methyl sites for hydroxylation is 2. The van der Waals surface area contributed by atoms with Crippen molar-refractivity contribution in [2.45, 2.75) is 20.3 Å². The number of nitrogens with two attached hydrogens (primary N) is 1. The van der Waals surface area contributed by atoms with Crippen molar-refractivity contribution in [2.24, 2.45) is 5.73 Å². The molecule has 0 unspecified atom stereocenters. The number of pyridine rings is 2. The van der Waals surface area contributed by atoms with Crippen LogP contribution in [0.3, 0.4) is 0 Å². The second-order valence-electron chi connectivity index (χ2n) is 7.40. The number of aromatic nitrogens is 3. The Labute approximate surface area is 198 Å². The number of nitrogens with one attached hydrogen (secondary N) is 1. The molecule has 3 N–H and O–H groups in total. The fourth-order valence-corrected chi connectivity index (χ4v) is 4.05. The summed E-state index contributed by atoms with van der Waals surface area (Å²) in [7, 11) is 0. The van der Waals surface area contributed by atoms with Crippen molar-refractivity contribution in [1.82, 2.24) is 15.0 Å². The van der Waals surface area contributed by atoms with Gasteiger partial charge in [0, 0.05) is 16.8 Å². The van der Waals surface area contributed by atoms with Gasteiger partial charge in [-0.25, -0.2) is 14.4 Å². The maximum absolute atomic E-state index is 14.6. The van der Waals surface area contributed by atoms with Gasteiger partial charge in [-0.1, -0.05) is 12.1 Å². The molecule has 0 spiro atoms. The smallest absolute Gasteiger partial charge is 0.254 e. The number of amides is 2. The summed E-state index contributed by atoms with van der Waals surface area (Å²) in [6.45, 7) is 3.81.